The summed E-state index contributed by atoms with van der Waals surface area (Å²) in [4.78, 5) is 28.5. The quantitative estimate of drug-likeness (QED) is 0.433. The maximum absolute atomic E-state index is 12.2. The highest BCUT2D eigenvalue weighted by molar-refractivity contribution is 5.69. The third-order valence-electron chi connectivity index (χ3n) is 4.76. The zero-order valence-corrected chi connectivity index (χ0v) is 18.0. The number of rotatable bonds is 7. The van der Waals surface area contributed by atoms with Gasteiger partial charge in [-0.25, -0.2) is 4.98 Å². The monoisotopic (exact) mass is 408 g/mol. The van der Waals surface area contributed by atoms with Crippen molar-refractivity contribution in [1.82, 2.24) is 9.38 Å². The molecule has 1 aromatic carbocycles. The van der Waals surface area contributed by atoms with E-state index in [1.807, 2.05) is 25.1 Å². The van der Waals surface area contributed by atoms with E-state index in [0.717, 1.165) is 11.3 Å². The highest BCUT2D eigenvalue weighted by Gasteiger charge is 2.13. The molecule has 0 bridgehead atoms. The summed E-state index contributed by atoms with van der Waals surface area (Å²) in [7, 11) is 0. The summed E-state index contributed by atoms with van der Waals surface area (Å²) >= 11 is 0. The van der Waals surface area contributed by atoms with E-state index >= 15 is 0 Å². The van der Waals surface area contributed by atoms with Gasteiger partial charge in [-0.15, -0.1) is 0 Å². The van der Waals surface area contributed by atoms with Gasteiger partial charge in [0.15, 0.2) is 0 Å². The molecule has 2 aromatic heterocycles. The summed E-state index contributed by atoms with van der Waals surface area (Å²) in [6.07, 6.45) is 2.52. The van der Waals surface area contributed by atoms with Crippen molar-refractivity contribution in [1.29, 1.82) is 0 Å². The van der Waals surface area contributed by atoms with Crippen molar-refractivity contribution in [2.45, 2.75) is 52.6 Å². The fourth-order valence-corrected chi connectivity index (χ4v) is 3.02. The van der Waals surface area contributed by atoms with Crippen LogP contribution in [0, 0.1) is 6.92 Å². The lowest BCUT2D eigenvalue weighted by Gasteiger charge is -2.19. The fourth-order valence-electron chi connectivity index (χ4n) is 3.02. The summed E-state index contributed by atoms with van der Waals surface area (Å²) < 4.78 is 12.4. The Balaban J connectivity index is 1.44. The molecule has 30 heavy (non-hydrogen) atoms. The van der Waals surface area contributed by atoms with Crippen LogP contribution in [0.15, 0.2) is 53.5 Å². The molecule has 0 saturated carbocycles. The molecule has 2 heterocycles. The first kappa shape index (κ1) is 21.6. The minimum atomic E-state index is -0.340. The maximum Gasteiger partial charge on any atom is 0.306 e. The summed E-state index contributed by atoms with van der Waals surface area (Å²) in [5, 5.41) is 0. The van der Waals surface area contributed by atoms with E-state index in [9.17, 15) is 9.59 Å². The Bertz CT molecular complexity index is 1080. The third-order valence-corrected chi connectivity index (χ3v) is 4.76. The van der Waals surface area contributed by atoms with E-state index in [4.69, 9.17) is 9.47 Å². The lowest BCUT2D eigenvalue weighted by molar-refractivity contribution is -0.145. The van der Waals surface area contributed by atoms with Crippen LogP contribution in [0.2, 0.25) is 0 Å². The number of hydrogen-bond acceptors (Lipinski definition) is 5. The van der Waals surface area contributed by atoms with Crippen LogP contribution in [-0.4, -0.2) is 22.0 Å². The number of carbonyl (C=O) groups excluding carboxylic acids is 1. The van der Waals surface area contributed by atoms with Gasteiger partial charge in [-0.3, -0.25) is 14.0 Å². The summed E-state index contributed by atoms with van der Waals surface area (Å²) in [5.41, 5.74) is 3.10. The van der Waals surface area contributed by atoms with Crippen molar-refractivity contribution in [3.63, 3.8) is 0 Å². The number of fused-ring (bicyclic) bond motifs is 1. The van der Waals surface area contributed by atoms with E-state index in [1.54, 1.807) is 12.3 Å². The van der Waals surface area contributed by atoms with Crippen molar-refractivity contribution < 1.29 is 14.3 Å². The number of nitrogens with zero attached hydrogens (tertiary/aromatic N) is 2. The molecule has 0 amide bonds. The van der Waals surface area contributed by atoms with Crippen LogP contribution in [0.3, 0.4) is 0 Å². The van der Waals surface area contributed by atoms with Gasteiger partial charge in [0.05, 0.1) is 12.3 Å². The zero-order valence-electron chi connectivity index (χ0n) is 18.0. The van der Waals surface area contributed by atoms with E-state index < -0.39 is 0 Å². The third kappa shape index (κ3) is 5.69. The Morgan fingerprint density at radius 3 is 2.53 bits per heavy atom. The molecule has 0 aliphatic heterocycles. The van der Waals surface area contributed by atoms with E-state index in [1.165, 1.54) is 16.0 Å². The Kier molecular flexibility index (Phi) is 6.55. The standard InChI is InChI=1S/C24H28N2O4/c1-17-7-12-21-25-19(14-22(27)26(21)15-17)16-30-23(28)6-5-13-29-20-10-8-18(9-11-20)24(2,3)4/h7-12,14-15H,5-6,13,16H2,1-4H3. The molecule has 0 fully saturated rings. The molecule has 0 radical (unpaired) electrons. The average Bonchev–Trinajstić information content (AvgIpc) is 2.70. The van der Waals surface area contributed by atoms with E-state index in [-0.39, 0.29) is 30.0 Å². The molecule has 0 saturated heterocycles. The van der Waals surface area contributed by atoms with Crippen LogP contribution in [0.1, 0.15) is 50.4 Å². The topological polar surface area (TPSA) is 69.9 Å². The molecule has 3 rings (SSSR count). The van der Waals surface area contributed by atoms with Crippen molar-refractivity contribution in [2.24, 2.45) is 0 Å². The van der Waals surface area contributed by atoms with Crippen molar-refractivity contribution >= 4 is 11.6 Å². The van der Waals surface area contributed by atoms with Gasteiger partial charge in [0.25, 0.3) is 5.56 Å². The summed E-state index contributed by atoms with van der Waals surface area (Å²) in [6.45, 7) is 8.82. The van der Waals surface area contributed by atoms with Crippen molar-refractivity contribution in [2.75, 3.05) is 6.61 Å². The molecule has 158 valence electrons. The number of hydrogen-bond donors (Lipinski definition) is 0. The highest BCUT2D eigenvalue weighted by Crippen LogP contribution is 2.24. The molecule has 6 nitrogen and oxygen atoms in total. The van der Waals surface area contributed by atoms with Crippen LogP contribution in [0.4, 0.5) is 0 Å². The Morgan fingerprint density at radius 1 is 1.10 bits per heavy atom. The van der Waals surface area contributed by atoms with Gasteiger partial charge in [-0.05, 0) is 48.1 Å². The SMILES string of the molecule is Cc1ccc2nc(COC(=O)CCCOc3ccc(C(C)(C)C)cc3)cc(=O)n2c1. The summed E-state index contributed by atoms with van der Waals surface area (Å²) in [5.74, 6) is 0.444. The van der Waals surface area contributed by atoms with E-state index in [0.29, 0.717) is 24.4 Å². The highest BCUT2D eigenvalue weighted by atomic mass is 16.5. The van der Waals surface area contributed by atoms with Gasteiger partial charge in [0.1, 0.15) is 18.0 Å². The second-order valence-electron chi connectivity index (χ2n) is 8.41. The average molecular weight is 408 g/mol. The molecule has 3 aromatic rings. The molecule has 0 aliphatic carbocycles. The molecule has 0 spiro atoms. The van der Waals surface area contributed by atoms with Crippen molar-refractivity contribution in [3.05, 3.63) is 75.8 Å². The molecule has 0 unspecified atom stereocenters. The minimum absolute atomic E-state index is 0.0203. The molecule has 0 aliphatic rings. The second-order valence-corrected chi connectivity index (χ2v) is 8.41. The molecule has 6 heteroatoms. The Labute approximate surface area is 176 Å². The predicted molar refractivity (Wildman–Crippen MR) is 116 cm³/mol. The number of carbonyl (C=O) groups is 1. The number of pyridine rings is 1. The summed E-state index contributed by atoms with van der Waals surface area (Å²) in [6, 6.07) is 13.1. The van der Waals surface area contributed by atoms with Crippen LogP contribution in [0.5, 0.6) is 5.75 Å². The maximum atomic E-state index is 12.2. The van der Waals surface area contributed by atoms with Gasteiger partial charge >= 0.3 is 5.97 Å². The Morgan fingerprint density at radius 2 is 1.83 bits per heavy atom. The van der Waals surface area contributed by atoms with Crippen molar-refractivity contribution in [3.8, 4) is 5.75 Å². The number of ether oxygens (including phenoxy) is 2. The molecule has 0 atom stereocenters. The van der Waals surface area contributed by atoms with Gasteiger partial charge in [0, 0.05) is 18.7 Å². The zero-order chi connectivity index (χ0) is 21.7. The molecule has 0 N–H and O–H groups in total. The minimum Gasteiger partial charge on any atom is -0.494 e. The predicted octanol–water partition coefficient (Wildman–Crippen LogP) is 4.20. The lowest BCUT2D eigenvalue weighted by atomic mass is 9.87. The number of aryl methyl sites for hydroxylation is 1. The van der Waals surface area contributed by atoms with E-state index in [2.05, 4.69) is 37.9 Å². The number of aromatic nitrogens is 2. The van der Waals surface area contributed by atoms with Gasteiger partial charge in [0.2, 0.25) is 0 Å². The molecular formula is C24H28N2O4. The number of esters is 1. The van der Waals surface area contributed by atoms with Crippen LogP contribution in [0.25, 0.3) is 5.65 Å². The largest absolute Gasteiger partial charge is 0.494 e. The Hall–Kier alpha value is -3.15. The van der Waals surface area contributed by atoms with Crippen LogP contribution >= 0.6 is 0 Å². The second kappa shape index (κ2) is 9.11. The van der Waals surface area contributed by atoms with Crippen LogP contribution in [-0.2, 0) is 21.6 Å². The smallest absolute Gasteiger partial charge is 0.306 e. The fraction of sp³-hybridized carbons (Fsp3) is 0.375. The normalized spacial score (nSPS) is 11.5. The van der Waals surface area contributed by atoms with Crippen LogP contribution < -0.4 is 10.3 Å². The first-order valence-electron chi connectivity index (χ1n) is 10.1. The van der Waals surface area contributed by atoms with Gasteiger partial charge in [-0.1, -0.05) is 39.0 Å². The first-order valence-corrected chi connectivity index (χ1v) is 10.1. The van der Waals surface area contributed by atoms with Gasteiger partial charge in [-0.2, -0.15) is 0 Å². The van der Waals surface area contributed by atoms with Gasteiger partial charge < -0.3 is 9.47 Å². The lowest BCUT2D eigenvalue weighted by Crippen LogP contribution is -2.17. The molecular weight excluding hydrogens is 380 g/mol. The number of benzene rings is 1. The first-order chi connectivity index (χ1) is 14.2.